The van der Waals surface area contributed by atoms with Gasteiger partial charge in [-0.25, -0.2) is 19.7 Å². The van der Waals surface area contributed by atoms with Crippen molar-refractivity contribution in [3.63, 3.8) is 0 Å². The van der Waals surface area contributed by atoms with Gasteiger partial charge in [0.05, 0.1) is 17.4 Å². The van der Waals surface area contributed by atoms with Gasteiger partial charge in [0.1, 0.15) is 16.6 Å². The maximum Gasteiger partial charge on any atom is 0.420 e. The van der Waals surface area contributed by atoms with E-state index in [0.717, 1.165) is 4.90 Å². The minimum atomic E-state index is -0.988. The van der Waals surface area contributed by atoms with Crippen molar-refractivity contribution in [2.45, 2.75) is 26.4 Å². The van der Waals surface area contributed by atoms with Gasteiger partial charge in [0.15, 0.2) is 6.29 Å². The van der Waals surface area contributed by atoms with Crippen molar-refractivity contribution in [1.29, 1.82) is 0 Å². The molecule has 0 aliphatic rings. The molecule has 0 saturated carbocycles. The summed E-state index contributed by atoms with van der Waals surface area (Å²) in [7, 11) is 0. The van der Waals surface area contributed by atoms with E-state index >= 15 is 0 Å². The SMILES string of the molecule is CC(C)(C)OC(=O)N(c1ccc(Cl)nc1)c1ccc(C=O)c(F)n1. The second-order valence-electron chi connectivity index (χ2n) is 5.82. The smallest absolute Gasteiger partial charge is 0.420 e. The summed E-state index contributed by atoms with van der Waals surface area (Å²) in [5.41, 5.74) is -0.687. The largest absolute Gasteiger partial charge is 0.443 e. The highest BCUT2D eigenvalue weighted by Crippen LogP contribution is 2.27. The summed E-state index contributed by atoms with van der Waals surface area (Å²) in [5, 5.41) is 0.235. The minimum absolute atomic E-state index is 0.0449. The van der Waals surface area contributed by atoms with Crippen LogP contribution in [0, 0.1) is 5.95 Å². The molecule has 0 fully saturated rings. The molecule has 0 aliphatic carbocycles. The van der Waals surface area contributed by atoms with Crippen molar-refractivity contribution in [3.05, 3.63) is 47.1 Å². The molecule has 1 amide bonds. The molecule has 0 aromatic carbocycles. The summed E-state index contributed by atoms with van der Waals surface area (Å²) in [6.07, 6.45) is 0.908. The Morgan fingerprint density at radius 3 is 2.50 bits per heavy atom. The zero-order valence-electron chi connectivity index (χ0n) is 13.3. The number of rotatable bonds is 3. The van der Waals surface area contributed by atoms with Gasteiger partial charge in [0.2, 0.25) is 5.95 Å². The number of carbonyl (C=O) groups is 2. The first-order chi connectivity index (χ1) is 11.2. The Labute approximate surface area is 143 Å². The number of aldehydes is 1. The second kappa shape index (κ2) is 6.92. The summed E-state index contributed by atoms with van der Waals surface area (Å²) in [6, 6.07) is 5.56. The second-order valence-corrected chi connectivity index (χ2v) is 6.21. The zero-order valence-corrected chi connectivity index (χ0v) is 14.0. The number of hydrogen-bond donors (Lipinski definition) is 0. The van der Waals surface area contributed by atoms with E-state index in [1.807, 2.05) is 0 Å². The molecule has 6 nitrogen and oxygen atoms in total. The van der Waals surface area contributed by atoms with E-state index in [4.69, 9.17) is 16.3 Å². The molecule has 0 saturated heterocycles. The summed E-state index contributed by atoms with van der Waals surface area (Å²) >= 11 is 5.75. The van der Waals surface area contributed by atoms with Crippen LogP contribution in [0.4, 0.5) is 20.7 Å². The van der Waals surface area contributed by atoms with Crippen LogP contribution in [0.1, 0.15) is 31.1 Å². The van der Waals surface area contributed by atoms with Crippen molar-refractivity contribution in [2.24, 2.45) is 0 Å². The standard InChI is InChI=1S/C16H15ClFN3O3/c1-16(2,3)24-15(23)21(11-5-6-12(17)19-8-11)13-7-4-10(9-22)14(18)20-13/h4-9H,1-3H3. The van der Waals surface area contributed by atoms with Gasteiger partial charge >= 0.3 is 6.09 Å². The van der Waals surface area contributed by atoms with Crippen LogP contribution in [-0.2, 0) is 4.74 Å². The van der Waals surface area contributed by atoms with Crippen molar-refractivity contribution < 1.29 is 18.7 Å². The van der Waals surface area contributed by atoms with Crippen LogP contribution in [0.3, 0.4) is 0 Å². The van der Waals surface area contributed by atoms with Crippen molar-refractivity contribution in [2.75, 3.05) is 4.90 Å². The first-order valence-corrected chi connectivity index (χ1v) is 7.35. The van der Waals surface area contributed by atoms with Gasteiger partial charge in [0, 0.05) is 0 Å². The van der Waals surface area contributed by atoms with Gasteiger partial charge in [-0.05, 0) is 45.0 Å². The van der Waals surface area contributed by atoms with Gasteiger partial charge in [-0.3, -0.25) is 4.79 Å². The molecule has 0 bridgehead atoms. The number of nitrogens with zero attached hydrogens (tertiary/aromatic N) is 3. The Balaban J connectivity index is 2.50. The zero-order chi connectivity index (χ0) is 17.9. The maximum absolute atomic E-state index is 13.8. The third-order valence-corrected chi connectivity index (χ3v) is 2.99. The van der Waals surface area contributed by atoms with Crippen LogP contribution in [0.15, 0.2) is 30.5 Å². The summed E-state index contributed by atoms with van der Waals surface area (Å²) in [5.74, 6) is -1.03. The van der Waals surface area contributed by atoms with Crippen LogP contribution in [-0.4, -0.2) is 27.9 Å². The van der Waals surface area contributed by atoms with E-state index in [2.05, 4.69) is 9.97 Å². The number of hydrogen-bond acceptors (Lipinski definition) is 5. The van der Waals surface area contributed by atoms with Crippen LogP contribution in [0.2, 0.25) is 5.15 Å². The number of halogens is 2. The number of aromatic nitrogens is 2. The average molecular weight is 352 g/mol. The molecule has 0 N–H and O–H groups in total. The third-order valence-electron chi connectivity index (χ3n) is 2.76. The summed E-state index contributed by atoms with van der Waals surface area (Å²) in [6.45, 7) is 5.10. The lowest BCUT2D eigenvalue weighted by molar-refractivity contribution is 0.0598. The van der Waals surface area contributed by atoms with Crippen LogP contribution in [0.25, 0.3) is 0 Å². The van der Waals surface area contributed by atoms with Crippen molar-refractivity contribution in [1.82, 2.24) is 9.97 Å². The highest BCUT2D eigenvalue weighted by atomic mass is 35.5. The van der Waals surface area contributed by atoms with E-state index in [1.165, 1.54) is 30.5 Å². The van der Waals surface area contributed by atoms with E-state index < -0.39 is 17.6 Å². The van der Waals surface area contributed by atoms with E-state index in [9.17, 15) is 14.0 Å². The van der Waals surface area contributed by atoms with Gasteiger partial charge < -0.3 is 4.74 Å². The predicted octanol–water partition coefficient (Wildman–Crippen LogP) is 4.15. The Hall–Kier alpha value is -2.54. The molecule has 24 heavy (non-hydrogen) atoms. The van der Waals surface area contributed by atoms with Crippen LogP contribution >= 0.6 is 11.6 Å². The number of pyridine rings is 2. The maximum atomic E-state index is 13.8. The monoisotopic (exact) mass is 351 g/mol. The van der Waals surface area contributed by atoms with Crippen LogP contribution < -0.4 is 4.90 Å². The van der Waals surface area contributed by atoms with Gasteiger partial charge in [0.25, 0.3) is 0 Å². The number of carbonyl (C=O) groups excluding carboxylic acids is 2. The minimum Gasteiger partial charge on any atom is -0.443 e. The summed E-state index contributed by atoms with van der Waals surface area (Å²) < 4.78 is 19.2. The lowest BCUT2D eigenvalue weighted by Gasteiger charge is -2.26. The van der Waals surface area contributed by atoms with Crippen molar-refractivity contribution in [3.8, 4) is 0 Å². The van der Waals surface area contributed by atoms with E-state index in [0.29, 0.717) is 12.0 Å². The Morgan fingerprint density at radius 1 is 1.29 bits per heavy atom. The lowest BCUT2D eigenvalue weighted by Crippen LogP contribution is -2.34. The first-order valence-electron chi connectivity index (χ1n) is 6.97. The molecule has 0 atom stereocenters. The molecule has 2 aromatic heterocycles. The fraction of sp³-hybridized carbons (Fsp3) is 0.250. The van der Waals surface area contributed by atoms with Gasteiger partial charge in [-0.1, -0.05) is 11.6 Å². The Kier molecular flexibility index (Phi) is 5.14. The fourth-order valence-corrected chi connectivity index (χ4v) is 1.90. The molecule has 126 valence electrons. The number of anilines is 2. The fourth-order valence-electron chi connectivity index (χ4n) is 1.79. The predicted molar refractivity (Wildman–Crippen MR) is 87.2 cm³/mol. The average Bonchev–Trinajstić information content (AvgIpc) is 2.48. The van der Waals surface area contributed by atoms with Gasteiger partial charge in [-0.15, -0.1) is 0 Å². The van der Waals surface area contributed by atoms with Crippen LogP contribution in [0.5, 0.6) is 0 Å². The molecular weight excluding hydrogens is 337 g/mol. The molecule has 8 heteroatoms. The number of amides is 1. The first kappa shape index (κ1) is 17.8. The Morgan fingerprint density at radius 2 is 2.00 bits per heavy atom. The lowest BCUT2D eigenvalue weighted by atomic mass is 10.2. The topological polar surface area (TPSA) is 72.4 Å². The normalized spacial score (nSPS) is 11.0. The number of ether oxygens (including phenoxy) is 1. The van der Waals surface area contributed by atoms with Gasteiger partial charge in [-0.2, -0.15) is 4.39 Å². The van der Waals surface area contributed by atoms with E-state index in [1.54, 1.807) is 20.8 Å². The quantitative estimate of drug-likeness (QED) is 0.613. The highest BCUT2D eigenvalue weighted by Gasteiger charge is 2.26. The van der Waals surface area contributed by atoms with E-state index in [-0.39, 0.29) is 16.5 Å². The summed E-state index contributed by atoms with van der Waals surface area (Å²) in [4.78, 5) is 31.9. The van der Waals surface area contributed by atoms with Crippen molar-refractivity contribution >= 4 is 35.5 Å². The molecule has 0 spiro atoms. The molecule has 2 aromatic rings. The molecular formula is C16H15ClFN3O3. The molecule has 2 heterocycles. The highest BCUT2D eigenvalue weighted by molar-refractivity contribution is 6.29. The molecule has 0 radical (unpaired) electrons. The molecule has 2 rings (SSSR count). The molecule has 0 unspecified atom stereocenters. The molecule has 0 aliphatic heterocycles. The Bertz CT molecular complexity index is 760. The third kappa shape index (κ3) is 4.26.